The van der Waals surface area contributed by atoms with Crippen molar-refractivity contribution in [3.63, 3.8) is 0 Å². The van der Waals surface area contributed by atoms with Gasteiger partial charge in [0.1, 0.15) is 16.4 Å². The lowest BCUT2D eigenvalue weighted by atomic mass is 10.2. The average Bonchev–Trinajstić information content (AvgIpc) is 2.61. The number of hydrazone groups is 1. The summed E-state index contributed by atoms with van der Waals surface area (Å²) in [6, 6.07) is 12.2. The smallest absolute Gasteiger partial charge is 0.280 e. The van der Waals surface area contributed by atoms with Gasteiger partial charge in [0.2, 0.25) is 0 Å². The monoisotopic (exact) mass is 362 g/mol. The number of benzene rings is 2. The van der Waals surface area contributed by atoms with Crippen molar-refractivity contribution >= 4 is 16.2 Å². The second-order valence-electron chi connectivity index (χ2n) is 5.42. The van der Waals surface area contributed by atoms with Crippen molar-refractivity contribution in [1.82, 2.24) is 4.83 Å². The molecule has 0 bridgehead atoms. The molecule has 2 aromatic rings. The molecule has 6 nitrogen and oxygen atoms in total. The SMILES string of the molecule is CCCOc1ccc(/C=N/NS(=O)(=O)c2cc(C)ccc2OC)cc1. The molecule has 0 heterocycles. The first-order valence-corrected chi connectivity index (χ1v) is 9.37. The molecule has 1 N–H and O–H groups in total. The zero-order valence-corrected chi connectivity index (χ0v) is 15.3. The minimum Gasteiger partial charge on any atom is -0.495 e. The first-order valence-electron chi connectivity index (χ1n) is 7.88. The Morgan fingerprint density at radius 2 is 1.88 bits per heavy atom. The van der Waals surface area contributed by atoms with Crippen LogP contribution in [-0.2, 0) is 10.0 Å². The highest BCUT2D eigenvalue weighted by Crippen LogP contribution is 2.24. The Bertz CT molecular complexity index is 831. The number of hydrogen-bond acceptors (Lipinski definition) is 5. The van der Waals surface area contributed by atoms with Crippen LogP contribution in [0.25, 0.3) is 0 Å². The molecule has 0 aliphatic rings. The summed E-state index contributed by atoms with van der Waals surface area (Å²) in [6.45, 7) is 4.51. The van der Waals surface area contributed by atoms with Crippen LogP contribution in [0.3, 0.4) is 0 Å². The Morgan fingerprint density at radius 3 is 2.52 bits per heavy atom. The predicted molar refractivity (Wildman–Crippen MR) is 97.9 cm³/mol. The molecule has 0 unspecified atom stereocenters. The van der Waals surface area contributed by atoms with E-state index in [2.05, 4.69) is 9.93 Å². The van der Waals surface area contributed by atoms with Gasteiger partial charge in [0.15, 0.2) is 0 Å². The van der Waals surface area contributed by atoms with Crippen molar-refractivity contribution in [2.75, 3.05) is 13.7 Å². The first-order chi connectivity index (χ1) is 12.0. The molecule has 2 rings (SSSR count). The highest BCUT2D eigenvalue weighted by molar-refractivity contribution is 7.89. The molecule has 0 aliphatic carbocycles. The van der Waals surface area contributed by atoms with Gasteiger partial charge in [-0.3, -0.25) is 0 Å². The van der Waals surface area contributed by atoms with Crippen LogP contribution in [0.1, 0.15) is 24.5 Å². The van der Waals surface area contributed by atoms with Crippen LogP contribution in [0.4, 0.5) is 0 Å². The van der Waals surface area contributed by atoms with Gasteiger partial charge < -0.3 is 9.47 Å². The lowest BCUT2D eigenvalue weighted by Gasteiger charge is -2.09. The molecule has 0 saturated heterocycles. The van der Waals surface area contributed by atoms with E-state index in [4.69, 9.17) is 9.47 Å². The van der Waals surface area contributed by atoms with E-state index < -0.39 is 10.0 Å². The third kappa shape index (κ3) is 5.22. The maximum atomic E-state index is 12.4. The van der Waals surface area contributed by atoms with E-state index in [1.165, 1.54) is 19.4 Å². The molecule has 0 amide bonds. The maximum Gasteiger partial charge on any atom is 0.280 e. The highest BCUT2D eigenvalue weighted by atomic mass is 32.2. The predicted octanol–water partition coefficient (Wildman–Crippen LogP) is 3.10. The molecule has 0 aliphatic heterocycles. The van der Waals surface area contributed by atoms with Gasteiger partial charge in [-0.05, 0) is 60.9 Å². The van der Waals surface area contributed by atoms with Crippen molar-refractivity contribution < 1.29 is 17.9 Å². The molecule has 0 aromatic heterocycles. The molecule has 25 heavy (non-hydrogen) atoms. The molecule has 0 spiro atoms. The summed E-state index contributed by atoms with van der Waals surface area (Å²) in [5, 5.41) is 3.83. The number of ether oxygens (including phenoxy) is 2. The topological polar surface area (TPSA) is 77.0 Å². The van der Waals surface area contributed by atoms with Crippen LogP contribution in [-0.4, -0.2) is 28.3 Å². The fourth-order valence-electron chi connectivity index (χ4n) is 2.08. The number of sulfonamides is 1. The van der Waals surface area contributed by atoms with E-state index in [-0.39, 0.29) is 10.6 Å². The van der Waals surface area contributed by atoms with Crippen LogP contribution < -0.4 is 14.3 Å². The lowest BCUT2D eigenvalue weighted by molar-refractivity contribution is 0.317. The average molecular weight is 362 g/mol. The quantitative estimate of drug-likeness (QED) is 0.578. The van der Waals surface area contributed by atoms with E-state index in [1.54, 1.807) is 24.3 Å². The number of aryl methyl sites for hydroxylation is 1. The maximum absolute atomic E-state index is 12.4. The zero-order chi connectivity index (χ0) is 18.3. The van der Waals surface area contributed by atoms with E-state index in [0.29, 0.717) is 6.61 Å². The number of rotatable bonds is 8. The van der Waals surface area contributed by atoms with Crippen molar-refractivity contribution in [1.29, 1.82) is 0 Å². The van der Waals surface area contributed by atoms with Crippen LogP contribution in [0.2, 0.25) is 0 Å². The van der Waals surface area contributed by atoms with Gasteiger partial charge in [0.25, 0.3) is 10.0 Å². The number of methoxy groups -OCH3 is 1. The molecule has 0 atom stereocenters. The minimum atomic E-state index is -3.81. The van der Waals surface area contributed by atoms with Crippen molar-refractivity contribution in [2.24, 2.45) is 5.10 Å². The number of nitrogens with zero attached hydrogens (tertiary/aromatic N) is 1. The summed E-state index contributed by atoms with van der Waals surface area (Å²) >= 11 is 0. The summed E-state index contributed by atoms with van der Waals surface area (Å²) < 4.78 is 35.4. The number of hydrogen-bond donors (Lipinski definition) is 1. The molecule has 134 valence electrons. The van der Waals surface area contributed by atoms with Crippen LogP contribution in [0.5, 0.6) is 11.5 Å². The summed E-state index contributed by atoms with van der Waals surface area (Å²) in [4.78, 5) is 2.26. The van der Waals surface area contributed by atoms with Crippen molar-refractivity contribution in [3.05, 3.63) is 53.6 Å². The molecule has 0 fully saturated rings. The first kappa shape index (κ1) is 18.8. The van der Waals surface area contributed by atoms with Crippen LogP contribution >= 0.6 is 0 Å². The normalized spacial score (nSPS) is 11.5. The summed E-state index contributed by atoms with van der Waals surface area (Å²) in [7, 11) is -2.39. The van der Waals surface area contributed by atoms with E-state index >= 15 is 0 Å². The minimum absolute atomic E-state index is 0.0514. The number of nitrogens with one attached hydrogen (secondary N) is 1. The van der Waals surface area contributed by atoms with Gasteiger partial charge in [-0.1, -0.05) is 13.0 Å². The Labute approximate surface area is 148 Å². The highest BCUT2D eigenvalue weighted by Gasteiger charge is 2.18. The molecular weight excluding hydrogens is 340 g/mol. The standard InChI is InChI=1S/C18H22N2O4S/c1-4-11-24-16-8-6-15(7-9-16)13-19-20-25(21,22)18-12-14(2)5-10-17(18)23-3/h5-10,12-13,20H,4,11H2,1-3H3/b19-13+. The Kier molecular flexibility index (Phi) is 6.41. The second kappa shape index (κ2) is 8.53. The van der Waals surface area contributed by atoms with Gasteiger partial charge in [-0.25, -0.2) is 0 Å². The van der Waals surface area contributed by atoms with E-state index in [0.717, 1.165) is 23.3 Å². The lowest BCUT2D eigenvalue weighted by Crippen LogP contribution is -2.19. The molecule has 0 radical (unpaired) electrons. The molecule has 0 saturated carbocycles. The molecule has 7 heteroatoms. The van der Waals surface area contributed by atoms with Crippen molar-refractivity contribution in [2.45, 2.75) is 25.2 Å². The fraction of sp³-hybridized carbons (Fsp3) is 0.278. The molecular formula is C18H22N2O4S. The Balaban J connectivity index is 2.09. The third-order valence-electron chi connectivity index (χ3n) is 3.35. The van der Waals surface area contributed by atoms with E-state index in [9.17, 15) is 8.42 Å². The van der Waals surface area contributed by atoms with Crippen LogP contribution in [0.15, 0.2) is 52.5 Å². The van der Waals surface area contributed by atoms with Gasteiger partial charge in [0.05, 0.1) is 19.9 Å². The Morgan fingerprint density at radius 1 is 1.16 bits per heavy atom. The van der Waals surface area contributed by atoms with Crippen molar-refractivity contribution in [3.8, 4) is 11.5 Å². The van der Waals surface area contributed by atoms with Gasteiger partial charge >= 0.3 is 0 Å². The summed E-state index contributed by atoms with van der Waals surface area (Å²) in [6.07, 6.45) is 2.37. The third-order valence-corrected chi connectivity index (χ3v) is 4.59. The zero-order valence-electron chi connectivity index (χ0n) is 14.5. The summed E-state index contributed by atoms with van der Waals surface area (Å²) in [5.41, 5.74) is 1.57. The summed E-state index contributed by atoms with van der Waals surface area (Å²) in [5.74, 6) is 1.04. The Hall–Kier alpha value is -2.54. The van der Waals surface area contributed by atoms with Crippen LogP contribution in [0, 0.1) is 6.92 Å². The van der Waals surface area contributed by atoms with E-state index in [1.807, 2.05) is 26.0 Å². The molecule has 2 aromatic carbocycles. The second-order valence-corrected chi connectivity index (χ2v) is 7.05. The van der Waals surface area contributed by atoms with Gasteiger partial charge in [-0.2, -0.15) is 18.4 Å². The fourth-order valence-corrected chi connectivity index (χ4v) is 3.13. The van der Waals surface area contributed by atoms with Gasteiger partial charge in [-0.15, -0.1) is 0 Å². The van der Waals surface area contributed by atoms with Gasteiger partial charge in [0, 0.05) is 0 Å². The largest absolute Gasteiger partial charge is 0.495 e.